The summed E-state index contributed by atoms with van der Waals surface area (Å²) in [5, 5.41) is 7.13. The minimum absolute atomic E-state index is 0.143. The Morgan fingerprint density at radius 1 is 1.03 bits per heavy atom. The molecule has 0 aliphatic carbocycles. The van der Waals surface area contributed by atoms with E-state index in [1.807, 2.05) is 43.3 Å². The maximum atomic E-state index is 12.6. The molecule has 0 spiro atoms. The average Bonchev–Trinajstić information content (AvgIpc) is 3.29. The second kappa shape index (κ2) is 8.26. The Hall–Kier alpha value is -3.48. The number of carbonyl (C=O) groups excluding carboxylic acids is 2. The summed E-state index contributed by atoms with van der Waals surface area (Å²) in [6, 6.07) is 14.9. The zero-order valence-corrected chi connectivity index (χ0v) is 16.3. The molecular weight excluding hydrogens is 366 g/mol. The van der Waals surface area contributed by atoms with Gasteiger partial charge in [-0.05, 0) is 61.7 Å². The molecule has 148 valence electrons. The molecule has 2 heterocycles. The molecule has 2 aromatic carbocycles. The molecule has 0 unspecified atom stereocenters. The molecule has 1 fully saturated rings. The molecule has 1 aliphatic rings. The van der Waals surface area contributed by atoms with Gasteiger partial charge in [0.1, 0.15) is 12.7 Å². The molecule has 1 atom stereocenters. The summed E-state index contributed by atoms with van der Waals surface area (Å²) in [4.78, 5) is 30.4. The molecule has 2 amide bonds. The molecule has 4 rings (SSSR count). The second-order valence-corrected chi connectivity index (χ2v) is 7.18. The molecule has 7 nitrogen and oxygen atoms in total. The Bertz CT molecular complexity index is 981. The van der Waals surface area contributed by atoms with E-state index in [9.17, 15) is 9.59 Å². The number of nitrogens with zero attached hydrogens (tertiary/aromatic N) is 4. The van der Waals surface area contributed by atoms with E-state index < -0.39 is 0 Å². The molecule has 7 heteroatoms. The van der Waals surface area contributed by atoms with Crippen LogP contribution >= 0.6 is 0 Å². The summed E-state index contributed by atoms with van der Waals surface area (Å²) in [6.07, 6.45) is 5.69. The van der Waals surface area contributed by atoms with Gasteiger partial charge in [0.05, 0.1) is 11.7 Å². The topological polar surface area (TPSA) is 80.1 Å². The lowest BCUT2D eigenvalue weighted by molar-refractivity contribution is -0.119. The number of carbonyl (C=O) groups is 2. The van der Waals surface area contributed by atoms with Crippen LogP contribution in [0.3, 0.4) is 0 Å². The fraction of sp³-hybridized carbons (Fsp3) is 0.273. The van der Waals surface area contributed by atoms with Crippen molar-refractivity contribution in [2.24, 2.45) is 0 Å². The van der Waals surface area contributed by atoms with E-state index in [2.05, 4.69) is 15.4 Å². The molecule has 1 aromatic heterocycles. The highest BCUT2D eigenvalue weighted by molar-refractivity contribution is 5.97. The van der Waals surface area contributed by atoms with Gasteiger partial charge in [0.25, 0.3) is 5.91 Å². The summed E-state index contributed by atoms with van der Waals surface area (Å²) in [6.45, 7) is 2.69. The first-order valence-corrected chi connectivity index (χ1v) is 9.78. The fourth-order valence-electron chi connectivity index (χ4n) is 3.49. The van der Waals surface area contributed by atoms with Crippen LogP contribution in [0.1, 0.15) is 48.1 Å². The van der Waals surface area contributed by atoms with Crippen molar-refractivity contribution in [1.29, 1.82) is 0 Å². The number of piperidine rings is 1. The third-order valence-corrected chi connectivity index (χ3v) is 5.19. The monoisotopic (exact) mass is 389 g/mol. The molecule has 0 radical (unpaired) electrons. The first-order chi connectivity index (χ1) is 14.1. The van der Waals surface area contributed by atoms with Crippen molar-refractivity contribution in [2.45, 2.75) is 32.2 Å². The Morgan fingerprint density at radius 2 is 1.76 bits per heavy atom. The number of anilines is 1. The molecule has 0 saturated carbocycles. The standard InChI is InChI=1S/C22H23N5O2/c1-16(17-5-11-20(12-6-17)27-15-23-14-24-27)25-22(29)18-7-9-19(10-8-18)26-13-3-2-4-21(26)28/h5-12,14-16H,2-4,13H2,1H3,(H,25,29)/t16-/m0/s1. The van der Waals surface area contributed by atoms with Crippen molar-refractivity contribution in [3.8, 4) is 5.69 Å². The third-order valence-electron chi connectivity index (χ3n) is 5.19. The molecule has 3 aromatic rings. The van der Waals surface area contributed by atoms with Crippen LogP contribution in [0.15, 0.2) is 61.2 Å². The summed E-state index contributed by atoms with van der Waals surface area (Å²) in [5.74, 6) is 0.00536. The Labute approximate surface area is 169 Å². The van der Waals surface area contributed by atoms with Gasteiger partial charge in [0, 0.05) is 24.2 Å². The Balaban J connectivity index is 1.40. The number of benzene rings is 2. The molecule has 1 aliphatic heterocycles. The van der Waals surface area contributed by atoms with E-state index in [0.717, 1.165) is 36.3 Å². The lowest BCUT2D eigenvalue weighted by Gasteiger charge is -2.26. The van der Waals surface area contributed by atoms with Crippen LogP contribution < -0.4 is 10.2 Å². The summed E-state index contributed by atoms with van der Waals surface area (Å²) >= 11 is 0. The minimum atomic E-state index is -0.144. The maximum absolute atomic E-state index is 12.6. The van der Waals surface area contributed by atoms with Crippen molar-refractivity contribution in [3.63, 3.8) is 0 Å². The normalized spacial score (nSPS) is 15.2. The number of rotatable bonds is 5. The highest BCUT2D eigenvalue weighted by Crippen LogP contribution is 2.22. The van der Waals surface area contributed by atoms with Gasteiger partial charge in [-0.1, -0.05) is 12.1 Å². The van der Waals surface area contributed by atoms with Crippen LogP contribution in [-0.2, 0) is 4.79 Å². The zero-order chi connectivity index (χ0) is 20.2. The third kappa shape index (κ3) is 4.18. The predicted molar refractivity (Wildman–Crippen MR) is 110 cm³/mol. The lowest BCUT2D eigenvalue weighted by Crippen LogP contribution is -2.35. The van der Waals surface area contributed by atoms with E-state index >= 15 is 0 Å². The van der Waals surface area contributed by atoms with Crippen molar-refractivity contribution in [1.82, 2.24) is 20.1 Å². The van der Waals surface area contributed by atoms with Gasteiger partial charge in [0.2, 0.25) is 5.91 Å². The van der Waals surface area contributed by atoms with Gasteiger partial charge in [0.15, 0.2) is 0 Å². The summed E-state index contributed by atoms with van der Waals surface area (Å²) in [7, 11) is 0. The number of hydrogen-bond acceptors (Lipinski definition) is 4. The number of hydrogen-bond donors (Lipinski definition) is 1. The molecule has 1 saturated heterocycles. The van der Waals surface area contributed by atoms with E-state index in [1.54, 1.807) is 28.0 Å². The number of nitrogens with one attached hydrogen (secondary N) is 1. The van der Waals surface area contributed by atoms with Crippen LogP contribution in [0.5, 0.6) is 0 Å². The summed E-state index contributed by atoms with van der Waals surface area (Å²) in [5.41, 5.74) is 3.33. The van der Waals surface area contributed by atoms with Crippen LogP contribution in [-0.4, -0.2) is 33.1 Å². The van der Waals surface area contributed by atoms with Gasteiger partial charge < -0.3 is 10.2 Å². The van der Waals surface area contributed by atoms with Crippen LogP contribution in [0.25, 0.3) is 5.69 Å². The van der Waals surface area contributed by atoms with Gasteiger partial charge >= 0.3 is 0 Å². The van der Waals surface area contributed by atoms with Crippen molar-refractivity contribution in [2.75, 3.05) is 11.4 Å². The van der Waals surface area contributed by atoms with Crippen molar-refractivity contribution >= 4 is 17.5 Å². The average molecular weight is 389 g/mol. The molecule has 29 heavy (non-hydrogen) atoms. The fourth-order valence-corrected chi connectivity index (χ4v) is 3.49. The SMILES string of the molecule is C[C@H](NC(=O)c1ccc(N2CCCCC2=O)cc1)c1ccc(-n2cncn2)cc1. The Kier molecular flexibility index (Phi) is 5.37. The second-order valence-electron chi connectivity index (χ2n) is 7.18. The van der Waals surface area contributed by atoms with Crippen LogP contribution in [0.2, 0.25) is 0 Å². The molecule has 0 bridgehead atoms. The maximum Gasteiger partial charge on any atom is 0.251 e. The lowest BCUT2D eigenvalue weighted by atomic mass is 10.1. The quantitative estimate of drug-likeness (QED) is 0.726. The van der Waals surface area contributed by atoms with Gasteiger partial charge in [-0.25, -0.2) is 9.67 Å². The smallest absolute Gasteiger partial charge is 0.251 e. The number of amides is 2. The van der Waals surface area contributed by atoms with Crippen molar-refractivity contribution < 1.29 is 9.59 Å². The van der Waals surface area contributed by atoms with Gasteiger partial charge in [-0.3, -0.25) is 9.59 Å². The Morgan fingerprint density at radius 3 is 2.41 bits per heavy atom. The summed E-state index contributed by atoms with van der Waals surface area (Å²) < 4.78 is 1.68. The van der Waals surface area contributed by atoms with E-state index in [0.29, 0.717) is 12.0 Å². The van der Waals surface area contributed by atoms with Crippen LogP contribution in [0, 0.1) is 0 Å². The predicted octanol–water partition coefficient (Wildman–Crippen LogP) is 3.28. The highest BCUT2D eigenvalue weighted by atomic mass is 16.2. The number of aromatic nitrogens is 3. The van der Waals surface area contributed by atoms with Gasteiger partial charge in [-0.15, -0.1) is 0 Å². The first-order valence-electron chi connectivity index (χ1n) is 9.78. The van der Waals surface area contributed by atoms with Crippen molar-refractivity contribution in [3.05, 3.63) is 72.3 Å². The van der Waals surface area contributed by atoms with Crippen LogP contribution in [0.4, 0.5) is 5.69 Å². The van der Waals surface area contributed by atoms with Gasteiger partial charge in [-0.2, -0.15) is 5.10 Å². The first kappa shape index (κ1) is 18.9. The minimum Gasteiger partial charge on any atom is -0.346 e. The van der Waals surface area contributed by atoms with E-state index in [4.69, 9.17) is 0 Å². The van der Waals surface area contributed by atoms with E-state index in [1.165, 1.54) is 6.33 Å². The highest BCUT2D eigenvalue weighted by Gasteiger charge is 2.20. The largest absolute Gasteiger partial charge is 0.346 e. The van der Waals surface area contributed by atoms with E-state index in [-0.39, 0.29) is 17.9 Å². The molecule has 1 N–H and O–H groups in total. The molecular formula is C22H23N5O2. The zero-order valence-electron chi connectivity index (χ0n) is 16.3.